The molecule has 7 heteroatoms. The van der Waals surface area contributed by atoms with Gasteiger partial charge in [-0.25, -0.2) is 8.42 Å². The lowest BCUT2D eigenvalue weighted by atomic mass is 10.1. The number of ether oxygens (including phenoxy) is 2. The van der Waals surface area contributed by atoms with Gasteiger partial charge >= 0.3 is 0 Å². The first-order chi connectivity index (χ1) is 12.3. The fourth-order valence-electron chi connectivity index (χ4n) is 3.41. The first-order valence-electron chi connectivity index (χ1n) is 8.34. The molecule has 140 valence electrons. The summed E-state index contributed by atoms with van der Waals surface area (Å²) in [5, 5.41) is -0.268. The zero-order chi connectivity index (χ0) is 18.9. The zero-order valence-corrected chi connectivity index (χ0v) is 16.3. The Morgan fingerprint density at radius 2 is 1.73 bits per heavy atom. The van der Waals surface area contributed by atoms with Gasteiger partial charge in [0.15, 0.2) is 9.84 Å². The van der Waals surface area contributed by atoms with E-state index in [1.54, 1.807) is 31.4 Å². The molecular weight excluding hydrogens is 374 g/mol. The molecule has 3 atom stereocenters. The minimum Gasteiger partial charge on any atom is -0.497 e. The highest BCUT2D eigenvalue weighted by Gasteiger charge is 2.69. The van der Waals surface area contributed by atoms with E-state index < -0.39 is 20.6 Å². The monoisotopic (exact) mass is 395 g/mol. The predicted octanol–water partition coefficient (Wildman–Crippen LogP) is 3.02. The Balaban J connectivity index is 1.97. The fourth-order valence-corrected chi connectivity index (χ4v) is 5.83. The second-order valence-electron chi connectivity index (χ2n) is 6.42. The van der Waals surface area contributed by atoms with Crippen molar-refractivity contribution < 1.29 is 17.9 Å². The van der Waals surface area contributed by atoms with Crippen molar-refractivity contribution in [2.24, 2.45) is 5.73 Å². The molecule has 1 aliphatic rings. The maximum Gasteiger partial charge on any atom is 0.183 e. The van der Waals surface area contributed by atoms with Crippen molar-refractivity contribution in [3.63, 3.8) is 0 Å². The third-order valence-corrected chi connectivity index (χ3v) is 7.37. The quantitative estimate of drug-likeness (QED) is 0.779. The van der Waals surface area contributed by atoms with Crippen LogP contribution in [0.1, 0.15) is 18.4 Å². The zero-order valence-electron chi connectivity index (χ0n) is 14.7. The average Bonchev–Trinajstić information content (AvgIpc) is 3.27. The lowest BCUT2D eigenvalue weighted by Gasteiger charge is -2.12. The molecule has 0 bridgehead atoms. The molecule has 0 amide bonds. The summed E-state index contributed by atoms with van der Waals surface area (Å²) in [6.45, 7) is 2.51. The molecule has 1 saturated carbocycles. The van der Waals surface area contributed by atoms with E-state index in [9.17, 15) is 8.42 Å². The molecule has 26 heavy (non-hydrogen) atoms. The molecule has 1 fully saturated rings. The Bertz CT molecular complexity index is 867. The molecule has 1 aliphatic carbocycles. The van der Waals surface area contributed by atoms with Crippen molar-refractivity contribution in [1.29, 1.82) is 0 Å². The summed E-state index contributed by atoms with van der Waals surface area (Å²) in [6, 6.07) is 13.5. The van der Waals surface area contributed by atoms with Gasteiger partial charge in [-0.05, 0) is 48.9 Å². The summed E-state index contributed by atoms with van der Waals surface area (Å²) in [5.41, 5.74) is 6.40. The van der Waals surface area contributed by atoms with Crippen LogP contribution in [0, 0.1) is 0 Å². The summed E-state index contributed by atoms with van der Waals surface area (Å²) in [5.74, 6) is 0.361. The SMILES string of the molecule is CCOC[C@]1(N)[C@H](c2ccc(OC)cc2)[C@@H]1S(=O)(=O)c1ccc(Cl)cc1. The molecule has 2 aromatic rings. The summed E-state index contributed by atoms with van der Waals surface area (Å²) < 4.78 is 37.1. The van der Waals surface area contributed by atoms with Crippen LogP contribution in [0.15, 0.2) is 53.4 Å². The van der Waals surface area contributed by atoms with Gasteiger partial charge in [0.2, 0.25) is 0 Å². The van der Waals surface area contributed by atoms with Crippen molar-refractivity contribution >= 4 is 21.4 Å². The van der Waals surface area contributed by atoms with E-state index in [2.05, 4.69) is 0 Å². The van der Waals surface area contributed by atoms with E-state index >= 15 is 0 Å². The van der Waals surface area contributed by atoms with Gasteiger partial charge in [0, 0.05) is 17.5 Å². The third kappa shape index (κ3) is 3.34. The molecule has 2 aromatic carbocycles. The van der Waals surface area contributed by atoms with E-state index in [4.69, 9.17) is 26.8 Å². The van der Waals surface area contributed by atoms with E-state index in [-0.39, 0.29) is 17.4 Å². The molecule has 5 nitrogen and oxygen atoms in total. The van der Waals surface area contributed by atoms with Gasteiger partial charge in [-0.3, -0.25) is 0 Å². The van der Waals surface area contributed by atoms with Crippen LogP contribution in [0.3, 0.4) is 0 Å². The Labute approximate surface area is 159 Å². The summed E-state index contributed by atoms with van der Waals surface area (Å²) in [7, 11) is -2.04. The highest BCUT2D eigenvalue weighted by molar-refractivity contribution is 7.92. The average molecular weight is 396 g/mol. The van der Waals surface area contributed by atoms with Crippen LogP contribution in [-0.2, 0) is 14.6 Å². The Morgan fingerprint density at radius 1 is 1.12 bits per heavy atom. The van der Waals surface area contributed by atoms with Gasteiger partial charge in [-0.1, -0.05) is 23.7 Å². The van der Waals surface area contributed by atoms with Crippen LogP contribution in [-0.4, -0.2) is 39.5 Å². The van der Waals surface area contributed by atoms with E-state index in [0.717, 1.165) is 5.56 Å². The van der Waals surface area contributed by atoms with Gasteiger partial charge in [0.25, 0.3) is 0 Å². The number of hydrogen-bond acceptors (Lipinski definition) is 5. The van der Waals surface area contributed by atoms with Gasteiger partial charge in [0.1, 0.15) is 5.75 Å². The number of benzene rings is 2. The van der Waals surface area contributed by atoms with Crippen molar-refractivity contribution in [3.8, 4) is 5.75 Å². The van der Waals surface area contributed by atoms with Crippen LogP contribution < -0.4 is 10.5 Å². The van der Waals surface area contributed by atoms with Crippen LogP contribution in [0.5, 0.6) is 5.75 Å². The molecule has 0 saturated heterocycles. The van der Waals surface area contributed by atoms with Crippen molar-refractivity contribution in [1.82, 2.24) is 0 Å². The molecule has 0 unspecified atom stereocenters. The molecule has 2 N–H and O–H groups in total. The van der Waals surface area contributed by atoms with Crippen LogP contribution in [0.25, 0.3) is 0 Å². The largest absolute Gasteiger partial charge is 0.497 e. The van der Waals surface area contributed by atoms with Crippen LogP contribution in [0.4, 0.5) is 0 Å². The molecule has 0 spiro atoms. The lowest BCUT2D eigenvalue weighted by Crippen LogP contribution is -2.36. The molecular formula is C19H22ClNO4S. The van der Waals surface area contributed by atoms with Gasteiger partial charge in [-0.2, -0.15) is 0 Å². The van der Waals surface area contributed by atoms with Crippen LogP contribution >= 0.6 is 11.6 Å². The summed E-state index contributed by atoms with van der Waals surface area (Å²) in [6.07, 6.45) is 0. The van der Waals surface area contributed by atoms with Crippen molar-refractivity contribution in [2.75, 3.05) is 20.3 Å². The van der Waals surface area contributed by atoms with Gasteiger partial charge < -0.3 is 15.2 Å². The number of rotatable bonds is 7. The molecule has 0 radical (unpaired) electrons. The summed E-state index contributed by atoms with van der Waals surface area (Å²) >= 11 is 5.88. The minimum absolute atomic E-state index is 0.178. The number of halogens is 1. The van der Waals surface area contributed by atoms with Crippen molar-refractivity contribution in [3.05, 3.63) is 59.1 Å². The minimum atomic E-state index is -3.63. The smallest absolute Gasteiger partial charge is 0.183 e. The van der Waals surface area contributed by atoms with Crippen LogP contribution in [0.2, 0.25) is 5.02 Å². The third-order valence-electron chi connectivity index (χ3n) is 4.81. The topological polar surface area (TPSA) is 78.6 Å². The Kier molecular flexibility index (Phi) is 5.30. The Morgan fingerprint density at radius 3 is 2.27 bits per heavy atom. The molecule has 3 rings (SSSR count). The van der Waals surface area contributed by atoms with Crippen molar-refractivity contribution in [2.45, 2.75) is 28.5 Å². The lowest BCUT2D eigenvalue weighted by molar-refractivity contribution is 0.125. The van der Waals surface area contributed by atoms with Gasteiger partial charge in [0.05, 0.1) is 29.4 Å². The maximum atomic E-state index is 13.2. The van der Waals surface area contributed by atoms with E-state index in [1.807, 2.05) is 19.1 Å². The molecule has 0 aromatic heterocycles. The van der Waals surface area contributed by atoms with E-state index in [1.165, 1.54) is 12.1 Å². The second-order valence-corrected chi connectivity index (χ2v) is 8.93. The fraction of sp³-hybridized carbons (Fsp3) is 0.368. The molecule has 0 heterocycles. The predicted molar refractivity (Wildman–Crippen MR) is 102 cm³/mol. The first kappa shape index (κ1) is 19.2. The number of sulfone groups is 1. The maximum absolute atomic E-state index is 13.2. The molecule has 0 aliphatic heterocycles. The number of methoxy groups -OCH3 is 1. The van der Waals surface area contributed by atoms with E-state index in [0.29, 0.717) is 17.4 Å². The van der Waals surface area contributed by atoms with Gasteiger partial charge in [-0.15, -0.1) is 0 Å². The highest BCUT2D eigenvalue weighted by atomic mass is 35.5. The Hall–Kier alpha value is -1.60. The number of hydrogen-bond donors (Lipinski definition) is 1. The normalized spacial score (nSPS) is 25.1. The second kappa shape index (κ2) is 7.19. The highest BCUT2D eigenvalue weighted by Crippen LogP contribution is 2.56. The first-order valence-corrected chi connectivity index (χ1v) is 10.3. The standard InChI is InChI=1S/C19H22ClNO4S/c1-3-25-12-19(21)17(13-4-8-15(24-2)9-5-13)18(19)26(22,23)16-10-6-14(20)7-11-16/h4-11,17-18H,3,12,21H2,1-2H3/t17-,18+,19+/m1/s1. The summed E-state index contributed by atoms with van der Waals surface area (Å²) in [4.78, 5) is 0.217. The number of nitrogens with two attached hydrogens (primary N) is 1.